The van der Waals surface area contributed by atoms with Crippen LogP contribution in [-0.4, -0.2) is 20.8 Å². The fraction of sp³-hybridized carbons (Fsp3) is 0.400. The number of thioether (sulfide) groups is 1. The van der Waals surface area contributed by atoms with Gasteiger partial charge in [0.25, 0.3) is 10.1 Å². The summed E-state index contributed by atoms with van der Waals surface area (Å²) in [5, 5.41) is 0. The quantitative estimate of drug-likeness (QED) is 0.605. The van der Waals surface area contributed by atoms with E-state index in [9.17, 15) is 8.42 Å². The third-order valence-corrected chi connectivity index (χ3v) is 4.12. The molecule has 0 N–H and O–H groups in total. The predicted octanol–water partition coefficient (Wildman–Crippen LogP) is 2.52. The maximum absolute atomic E-state index is 11.8. The molecule has 0 saturated heterocycles. The predicted molar refractivity (Wildman–Crippen MR) is 61.6 cm³/mol. The third-order valence-electron chi connectivity index (χ3n) is 1.66. The molecule has 1 aromatic carbocycles. The van der Waals surface area contributed by atoms with Gasteiger partial charge in [-0.15, -0.1) is 11.8 Å². The van der Waals surface area contributed by atoms with Gasteiger partial charge in [-0.2, -0.15) is 8.42 Å². The van der Waals surface area contributed by atoms with Crippen LogP contribution in [-0.2, 0) is 14.3 Å². The third kappa shape index (κ3) is 3.22. The van der Waals surface area contributed by atoms with Gasteiger partial charge in [-0.25, -0.2) is 0 Å². The first-order chi connectivity index (χ1) is 6.97. The molecule has 0 atom stereocenters. The van der Waals surface area contributed by atoms with Crippen LogP contribution in [0.4, 0.5) is 0 Å². The summed E-state index contributed by atoms with van der Waals surface area (Å²) in [6, 6.07) is 6.82. The summed E-state index contributed by atoms with van der Waals surface area (Å²) in [6.45, 7) is 3.39. The van der Waals surface area contributed by atoms with E-state index in [-0.39, 0.29) is 11.0 Å². The number of benzene rings is 1. The summed E-state index contributed by atoms with van der Waals surface area (Å²) >= 11 is 1.39. The lowest BCUT2D eigenvalue weighted by molar-refractivity contribution is 0.248. The molecule has 0 bridgehead atoms. The van der Waals surface area contributed by atoms with Gasteiger partial charge >= 0.3 is 0 Å². The van der Waals surface area contributed by atoms with E-state index < -0.39 is 10.1 Å². The Balaban J connectivity index is 3.15. The van der Waals surface area contributed by atoms with E-state index in [1.807, 2.05) is 6.26 Å². The van der Waals surface area contributed by atoms with E-state index in [1.54, 1.807) is 38.1 Å². The van der Waals surface area contributed by atoms with Crippen LogP contribution >= 0.6 is 11.8 Å². The second-order valence-corrected chi connectivity index (χ2v) is 5.64. The maximum atomic E-state index is 11.8. The lowest BCUT2D eigenvalue weighted by Crippen LogP contribution is -2.13. The van der Waals surface area contributed by atoms with Gasteiger partial charge in [-0.3, -0.25) is 4.18 Å². The Morgan fingerprint density at radius 1 is 1.27 bits per heavy atom. The Kier molecular flexibility index (Phi) is 4.19. The SMILES string of the molecule is CSc1ccccc1S(=O)(=O)OC(C)C. The average molecular weight is 246 g/mol. The highest BCUT2D eigenvalue weighted by Crippen LogP contribution is 2.26. The van der Waals surface area contributed by atoms with E-state index in [0.717, 1.165) is 0 Å². The van der Waals surface area contributed by atoms with Crippen molar-refractivity contribution in [1.29, 1.82) is 0 Å². The normalized spacial score (nSPS) is 12.0. The fourth-order valence-corrected chi connectivity index (χ4v) is 3.34. The first-order valence-electron chi connectivity index (χ1n) is 4.53. The largest absolute Gasteiger partial charge is 0.298 e. The molecule has 3 nitrogen and oxygen atoms in total. The minimum absolute atomic E-state index is 0.242. The molecule has 0 radical (unpaired) electrons. The fourth-order valence-electron chi connectivity index (χ4n) is 1.13. The van der Waals surface area contributed by atoms with Crippen LogP contribution < -0.4 is 0 Å². The van der Waals surface area contributed by atoms with Gasteiger partial charge < -0.3 is 0 Å². The zero-order chi connectivity index (χ0) is 11.5. The zero-order valence-corrected chi connectivity index (χ0v) is 10.6. The smallest absolute Gasteiger partial charge is 0.264 e. The first-order valence-corrected chi connectivity index (χ1v) is 7.17. The van der Waals surface area contributed by atoms with E-state index in [0.29, 0.717) is 4.90 Å². The van der Waals surface area contributed by atoms with Crippen molar-refractivity contribution < 1.29 is 12.6 Å². The topological polar surface area (TPSA) is 43.4 Å². The molecule has 0 amide bonds. The van der Waals surface area contributed by atoms with E-state index in [4.69, 9.17) is 4.18 Å². The van der Waals surface area contributed by atoms with Crippen molar-refractivity contribution >= 4 is 21.9 Å². The van der Waals surface area contributed by atoms with Crippen molar-refractivity contribution in [3.8, 4) is 0 Å². The summed E-state index contributed by atoms with van der Waals surface area (Å²) in [5.41, 5.74) is 0. The van der Waals surface area contributed by atoms with Gasteiger partial charge in [0.2, 0.25) is 0 Å². The monoisotopic (exact) mass is 246 g/mol. The Morgan fingerprint density at radius 3 is 2.40 bits per heavy atom. The lowest BCUT2D eigenvalue weighted by atomic mass is 10.4. The highest BCUT2D eigenvalue weighted by molar-refractivity contribution is 7.99. The van der Waals surface area contributed by atoms with Gasteiger partial charge in [0.05, 0.1) is 6.10 Å². The van der Waals surface area contributed by atoms with Crippen molar-refractivity contribution in [3.05, 3.63) is 24.3 Å². The molecule has 0 unspecified atom stereocenters. The molecule has 0 aliphatic carbocycles. The van der Waals surface area contributed by atoms with E-state index in [1.165, 1.54) is 11.8 Å². The number of hydrogen-bond acceptors (Lipinski definition) is 4. The summed E-state index contributed by atoms with van der Waals surface area (Å²) in [4.78, 5) is 0.948. The van der Waals surface area contributed by atoms with Gasteiger partial charge in [-0.1, -0.05) is 12.1 Å². The Morgan fingerprint density at radius 2 is 1.87 bits per heavy atom. The molecule has 5 heteroatoms. The van der Waals surface area contributed by atoms with Crippen molar-refractivity contribution in [1.82, 2.24) is 0 Å². The van der Waals surface area contributed by atoms with Crippen LogP contribution in [0.5, 0.6) is 0 Å². The summed E-state index contributed by atoms with van der Waals surface area (Å²) in [5.74, 6) is 0. The summed E-state index contributed by atoms with van der Waals surface area (Å²) in [7, 11) is -3.62. The molecule has 1 aromatic rings. The molecule has 0 aromatic heterocycles. The number of hydrogen-bond donors (Lipinski definition) is 0. The van der Waals surface area contributed by atoms with Crippen LogP contribution in [0.25, 0.3) is 0 Å². The average Bonchev–Trinajstić information content (AvgIpc) is 2.16. The van der Waals surface area contributed by atoms with Crippen molar-refractivity contribution in [2.24, 2.45) is 0 Å². The molecule has 1 rings (SSSR count). The van der Waals surface area contributed by atoms with Gasteiger partial charge in [0.15, 0.2) is 0 Å². The molecule has 0 aliphatic rings. The molecule has 0 heterocycles. The lowest BCUT2D eigenvalue weighted by Gasteiger charge is -2.10. The van der Waals surface area contributed by atoms with E-state index >= 15 is 0 Å². The summed E-state index contributed by atoms with van der Waals surface area (Å²) in [6.07, 6.45) is 1.49. The minimum atomic E-state index is -3.62. The Bertz CT molecular complexity index is 424. The van der Waals surface area contributed by atoms with Crippen LogP contribution in [0.15, 0.2) is 34.1 Å². The van der Waals surface area contributed by atoms with Gasteiger partial charge in [-0.05, 0) is 32.2 Å². The zero-order valence-electron chi connectivity index (χ0n) is 8.93. The maximum Gasteiger partial charge on any atom is 0.298 e. The molecule has 84 valence electrons. The Hall–Kier alpha value is -0.520. The molecule has 0 fully saturated rings. The van der Waals surface area contributed by atoms with Crippen molar-refractivity contribution in [2.45, 2.75) is 29.7 Å². The van der Waals surface area contributed by atoms with Crippen LogP contribution in [0.3, 0.4) is 0 Å². The molecular formula is C10H14O3S2. The van der Waals surface area contributed by atoms with Gasteiger partial charge in [0.1, 0.15) is 4.90 Å². The van der Waals surface area contributed by atoms with Gasteiger partial charge in [0, 0.05) is 4.90 Å². The van der Waals surface area contributed by atoms with Crippen LogP contribution in [0.2, 0.25) is 0 Å². The highest BCUT2D eigenvalue weighted by Gasteiger charge is 2.19. The van der Waals surface area contributed by atoms with Crippen molar-refractivity contribution in [3.63, 3.8) is 0 Å². The molecule has 0 aliphatic heterocycles. The molecule has 0 spiro atoms. The minimum Gasteiger partial charge on any atom is -0.264 e. The van der Waals surface area contributed by atoms with Crippen molar-refractivity contribution in [2.75, 3.05) is 6.26 Å². The Labute approximate surface area is 95.0 Å². The second kappa shape index (κ2) is 5.01. The second-order valence-electron chi connectivity index (χ2n) is 3.25. The van der Waals surface area contributed by atoms with Crippen LogP contribution in [0.1, 0.15) is 13.8 Å². The number of rotatable bonds is 4. The summed E-state index contributed by atoms with van der Waals surface area (Å²) < 4.78 is 28.5. The first kappa shape index (κ1) is 12.5. The van der Waals surface area contributed by atoms with E-state index in [2.05, 4.69) is 0 Å². The molecule has 15 heavy (non-hydrogen) atoms. The standard InChI is InChI=1S/C10H14O3S2/c1-8(2)13-15(11,12)10-7-5-4-6-9(10)14-3/h4-8H,1-3H3. The highest BCUT2D eigenvalue weighted by atomic mass is 32.2. The molecular weight excluding hydrogens is 232 g/mol. The molecule has 0 saturated carbocycles. The van der Waals surface area contributed by atoms with Crippen LogP contribution in [0, 0.1) is 0 Å².